The molecular formula is C39H53F3O4. The van der Waals surface area contributed by atoms with E-state index in [-0.39, 0.29) is 67.5 Å². The van der Waals surface area contributed by atoms with Crippen LogP contribution in [0.4, 0.5) is 13.2 Å². The third-order valence-corrected chi connectivity index (χ3v) is 9.76. The number of methoxy groups -OCH3 is 1. The Labute approximate surface area is 275 Å². The van der Waals surface area contributed by atoms with Gasteiger partial charge in [-0.05, 0) is 109 Å². The van der Waals surface area contributed by atoms with Gasteiger partial charge in [0.25, 0.3) is 0 Å². The number of benzene rings is 2. The number of hydrogen-bond donors (Lipinski definition) is 1. The van der Waals surface area contributed by atoms with Gasteiger partial charge in [0.1, 0.15) is 17.5 Å². The largest absolute Gasteiger partial charge is 0.497 e. The number of fused-ring (bicyclic) bond motifs is 4. The van der Waals surface area contributed by atoms with E-state index in [1.807, 2.05) is 31.2 Å². The normalized spacial score (nSPS) is 27.8. The van der Waals surface area contributed by atoms with Crippen LogP contribution in [-0.4, -0.2) is 30.2 Å². The maximum atomic E-state index is 13.0. The molecule has 46 heavy (non-hydrogen) atoms. The van der Waals surface area contributed by atoms with Crippen LogP contribution in [0.2, 0.25) is 0 Å². The van der Waals surface area contributed by atoms with E-state index in [2.05, 4.69) is 11.8 Å². The predicted molar refractivity (Wildman–Crippen MR) is 182 cm³/mol. The molecule has 0 amide bonds. The maximum Gasteiger partial charge on any atom is 0.416 e. The standard InChI is InChI=1S/C34H33F3O4.5CH4/c1-32-20-41-31(22-5-11-26(40-2)12-6-22)30-27-14-10-25(38)19-23(27)7-13-28(30)29(32)16-18-33(32,39)17-15-21-3-8-24(9-4-21)34(35,36)37;;;;;/h3-6,8-9,11-12,19,28-29,31,39H,7,10,13-14,16,18,20H2,1-2H3;5*1H4/t28?,29?,31-,32+,33+;;;;;/m1...../s1. The average molecular weight is 643 g/mol. The molecule has 3 aliphatic carbocycles. The van der Waals surface area contributed by atoms with Crippen molar-refractivity contribution >= 4 is 5.78 Å². The van der Waals surface area contributed by atoms with Gasteiger partial charge in [-0.1, -0.05) is 68.0 Å². The highest BCUT2D eigenvalue weighted by molar-refractivity contribution is 5.93. The van der Waals surface area contributed by atoms with Crippen molar-refractivity contribution in [2.75, 3.05) is 13.7 Å². The Hall–Kier alpha value is -3.34. The summed E-state index contributed by atoms with van der Waals surface area (Å²) in [5.74, 6) is 7.21. The third-order valence-electron chi connectivity index (χ3n) is 9.76. The van der Waals surface area contributed by atoms with Gasteiger partial charge >= 0.3 is 6.18 Å². The first-order valence-electron chi connectivity index (χ1n) is 14.2. The summed E-state index contributed by atoms with van der Waals surface area (Å²) < 4.78 is 51.2. The minimum Gasteiger partial charge on any atom is -0.497 e. The molecule has 2 aromatic carbocycles. The van der Waals surface area contributed by atoms with Crippen LogP contribution in [0.25, 0.3) is 0 Å². The van der Waals surface area contributed by atoms with Gasteiger partial charge in [0, 0.05) is 17.4 Å². The number of ether oxygens (including phenoxy) is 2. The molecular weight excluding hydrogens is 589 g/mol. The van der Waals surface area contributed by atoms with E-state index in [4.69, 9.17) is 9.47 Å². The zero-order chi connectivity index (χ0) is 29.0. The van der Waals surface area contributed by atoms with Crippen LogP contribution in [0.5, 0.6) is 5.75 Å². The van der Waals surface area contributed by atoms with Crippen molar-refractivity contribution in [3.8, 4) is 17.6 Å². The summed E-state index contributed by atoms with van der Waals surface area (Å²) in [5.41, 5.74) is 2.16. The van der Waals surface area contributed by atoms with Gasteiger partial charge in [0.05, 0.1) is 19.3 Å². The van der Waals surface area contributed by atoms with Crippen LogP contribution in [0, 0.1) is 29.1 Å². The number of carbonyl (C=O) groups is 1. The number of aliphatic hydroxyl groups is 1. The Bertz CT molecular complexity index is 1480. The van der Waals surface area contributed by atoms with Gasteiger partial charge in [-0.3, -0.25) is 4.79 Å². The number of hydrogen-bond acceptors (Lipinski definition) is 4. The van der Waals surface area contributed by atoms with Crippen molar-refractivity contribution in [2.24, 2.45) is 17.3 Å². The SMILES string of the molecule is C.C.C.C.C.COc1ccc([C@H]2OC[C@@]3(C)C(CC[C@@]3(O)C#Cc3ccc(C(F)(F)F)cc3)C3CCC4=CC(=O)CCC4=C32)cc1. The molecule has 254 valence electrons. The first kappa shape index (κ1) is 40.7. The fourth-order valence-electron chi connectivity index (χ4n) is 7.45. The first-order valence-corrected chi connectivity index (χ1v) is 14.2. The Morgan fingerprint density at radius 3 is 2.20 bits per heavy atom. The Kier molecular flexibility index (Phi) is 13.3. The lowest BCUT2D eigenvalue weighted by atomic mass is 9.61. The molecule has 0 spiro atoms. The van der Waals surface area contributed by atoms with E-state index in [0.29, 0.717) is 24.8 Å². The lowest BCUT2D eigenvalue weighted by Crippen LogP contribution is -2.48. The van der Waals surface area contributed by atoms with E-state index in [0.717, 1.165) is 48.3 Å². The molecule has 7 heteroatoms. The molecule has 6 rings (SSSR count). The number of ketones is 1. The zero-order valence-electron chi connectivity index (χ0n) is 23.2. The number of allylic oxidation sites excluding steroid dienone is 3. The summed E-state index contributed by atoms with van der Waals surface area (Å²) in [7, 11) is 1.63. The highest BCUT2D eigenvalue weighted by Crippen LogP contribution is 2.61. The maximum absolute atomic E-state index is 13.0. The lowest BCUT2D eigenvalue weighted by Gasteiger charge is -2.42. The molecule has 2 fully saturated rings. The molecule has 4 nitrogen and oxygen atoms in total. The van der Waals surface area contributed by atoms with E-state index in [1.165, 1.54) is 23.3 Å². The van der Waals surface area contributed by atoms with Crippen molar-refractivity contribution < 1.29 is 32.5 Å². The Balaban J connectivity index is 0.00000212. The van der Waals surface area contributed by atoms with Crippen molar-refractivity contribution in [1.29, 1.82) is 0 Å². The van der Waals surface area contributed by atoms with Gasteiger partial charge in [0.2, 0.25) is 0 Å². The molecule has 0 bridgehead atoms. The molecule has 4 aliphatic rings. The van der Waals surface area contributed by atoms with Crippen LogP contribution in [-0.2, 0) is 15.7 Å². The average Bonchev–Trinajstić information content (AvgIpc) is 3.13. The predicted octanol–water partition coefficient (Wildman–Crippen LogP) is 10.2. The van der Waals surface area contributed by atoms with Gasteiger partial charge in [-0.15, -0.1) is 0 Å². The molecule has 0 aromatic heterocycles. The molecule has 1 N–H and O–H groups in total. The number of alkyl halides is 3. The number of halogens is 3. The smallest absolute Gasteiger partial charge is 0.416 e. The zero-order valence-corrected chi connectivity index (χ0v) is 23.2. The molecule has 0 radical (unpaired) electrons. The van der Waals surface area contributed by atoms with E-state index >= 15 is 0 Å². The van der Waals surface area contributed by atoms with Gasteiger partial charge in [-0.25, -0.2) is 0 Å². The fraction of sp³-hybridized carbons (Fsp3) is 0.513. The van der Waals surface area contributed by atoms with E-state index in [1.54, 1.807) is 13.2 Å². The van der Waals surface area contributed by atoms with Gasteiger partial charge in [-0.2, -0.15) is 13.2 Å². The highest BCUT2D eigenvalue weighted by Gasteiger charge is 2.61. The topological polar surface area (TPSA) is 55.8 Å². The summed E-state index contributed by atoms with van der Waals surface area (Å²) in [6.07, 6.45) is 1.11. The van der Waals surface area contributed by atoms with Crippen LogP contribution in [0.3, 0.4) is 0 Å². The van der Waals surface area contributed by atoms with Crippen molar-refractivity contribution in [3.05, 3.63) is 88.0 Å². The second kappa shape index (κ2) is 15.0. The monoisotopic (exact) mass is 642 g/mol. The lowest BCUT2D eigenvalue weighted by molar-refractivity contribution is -0.137. The summed E-state index contributed by atoms with van der Waals surface area (Å²) in [5, 5.41) is 12.1. The number of rotatable bonds is 2. The van der Waals surface area contributed by atoms with Crippen molar-refractivity contribution in [1.82, 2.24) is 0 Å². The van der Waals surface area contributed by atoms with Crippen LogP contribution >= 0.6 is 0 Å². The van der Waals surface area contributed by atoms with Gasteiger partial charge in [0.15, 0.2) is 5.78 Å². The van der Waals surface area contributed by atoms with E-state index < -0.39 is 22.8 Å². The van der Waals surface area contributed by atoms with Crippen LogP contribution in [0.15, 0.2) is 71.3 Å². The van der Waals surface area contributed by atoms with Crippen molar-refractivity contribution in [3.63, 3.8) is 0 Å². The minimum absolute atomic E-state index is 0. The van der Waals surface area contributed by atoms with E-state index in [9.17, 15) is 23.1 Å². The molecule has 1 saturated carbocycles. The second-order valence-corrected chi connectivity index (χ2v) is 11.9. The first-order chi connectivity index (χ1) is 19.5. The molecule has 1 heterocycles. The molecule has 2 aromatic rings. The molecule has 1 saturated heterocycles. The van der Waals surface area contributed by atoms with Crippen LogP contribution in [0.1, 0.15) is 105 Å². The fourth-order valence-corrected chi connectivity index (χ4v) is 7.45. The number of carbonyl (C=O) groups excluding carboxylic acids is 1. The summed E-state index contributed by atoms with van der Waals surface area (Å²) in [6.45, 7) is 2.32. The Morgan fingerprint density at radius 2 is 1.59 bits per heavy atom. The molecule has 1 aliphatic heterocycles. The summed E-state index contributed by atoms with van der Waals surface area (Å²) >= 11 is 0. The second-order valence-electron chi connectivity index (χ2n) is 11.9. The van der Waals surface area contributed by atoms with Crippen LogP contribution < -0.4 is 4.74 Å². The summed E-state index contributed by atoms with van der Waals surface area (Å²) in [4.78, 5) is 12.3. The van der Waals surface area contributed by atoms with Crippen molar-refractivity contribution in [2.45, 2.75) is 100 Å². The Morgan fingerprint density at radius 1 is 0.935 bits per heavy atom. The third kappa shape index (κ3) is 6.99. The molecule has 2 unspecified atom stereocenters. The summed E-state index contributed by atoms with van der Waals surface area (Å²) in [6, 6.07) is 12.6. The molecule has 5 atom stereocenters. The minimum atomic E-state index is -4.42. The van der Waals surface area contributed by atoms with Gasteiger partial charge < -0.3 is 14.6 Å². The highest BCUT2D eigenvalue weighted by atomic mass is 19.4. The quantitative estimate of drug-likeness (QED) is 0.331.